The number of unbranched alkanes of at least 4 members (excludes halogenated alkanes) is 2. The van der Waals surface area contributed by atoms with Gasteiger partial charge in [0.15, 0.2) is 0 Å². The molecule has 0 bridgehead atoms. The number of rotatable bonds is 6. The molecule has 1 saturated heterocycles. The minimum atomic E-state index is 0.889. The Morgan fingerprint density at radius 3 is 2.33 bits per heavy atom. The summed E-state index contributed by atoms with van der Waals surface area (Å²) in [5, 5.41) is 1.17. The molecule has 0 unspecified atom stereocenters. The van der Waals surface area contributed by atoms with E-state index in [-0.39, 0.29) is 0 Å². The molecule has 0 aromatic heterocycles. The van der Waals surface area contributed by atoms with Crippen LogP contribution in [0, 0.1) is 11.8 Å². The van der Waals surface area contributed by atoms with Crippen molar-refractivity contribution in [2.24, 2.45) is 11.8 Å². The number of alkyl halides is 1. The van der Waals surface area contributed by atoms with Gasteiger partial charge in [0, 0.05) is 5.33 Å². The minimum absolute atomic E-state index is 0.889. The van der Waals surface area contributed by atoms with Gasteiger partial charge >= 0.3 is 0 Å². The predicted octanol–water partition coefficient (Wildman–Crippen LogP) is 3.92. The molecule has 0 N–H and O–H groups in total. The molecule has 0 aromatic carbocycles. The second-order valence-corrected chi connectivity index (χ2v) is 5.97. The van der Waals surface area contributed by atoms with Gasteiger partial charge in [0.2, 0.25) is 0 Å². The van der Waals surface area contributed by atoms with Crippen molar-refractivity contribution >= 4 is 15.9 Å². The molecule has 1 aliphatic rings. The Morgan fingerprint density at radius 1 is 1.13 bits per heavy atom. The van der Waals surface area contributed by atoms with E-state index in [2.05, 4.69) is 34.7 Å². The topological polar surface area (TPSA) is 3.24 Å². The molecule has 1 nitrogen and oxygen atoms in total. The highest BCUT2D eigenvalue weighted by Crippen LogP contribution is 2.24. The van der Waals surface area contributed by atoms with Crippen LogP contribution in [0.15, 0.2) is 0 Å². The number of piperidine rings is 1. The van der Waals surface area contributed by atoms with Gasteiger partial charge in [-0.2, -0.15) is 0 Å². The summed E-state index contributed by atoms with van der Waals surface area (Å²) in [4.78, 5) is 2.66. The maximum absolute atomic E-state index is 3.49. The zero-order valence-electron chi connectivity index (χ0n) is 10.3. The zero-order valence-corrected chi connectivity index (χ0v) is 11.9. The number of halogens is 1. The molecule has 1 fully saturated rings. The third kappa shape index (κ3) is 5.35. The summed E-state index contributed by atoms with van der Waals surface area (Å²) < 4.78 is 0. The van der Waals surface area contributed by atoms with Crippen LogP contribution in [0.1, 0.15) is 46.0 Å². The third-order valence-electron chi connectivity index (χ3n) is 3.68. The highest BCUT2D eigenvalue weighted by atomic mass is 79.9. The van der Waals surface area contributed by atoms with Gasteiger partial charge in [-0.25, -0.2) is 0 Å². The highest BCUT2D eigenvalue weighted by Gasteiger charge is 2.20. The van der Waals surface area contributed by atoms with Gasteiger partial charge in [0.1, 0.15) is 0 Å². The Hall–Kier alpha value is 0.440. The smallest absolute Gasteiger partial charge is 0.00313 e. The van der Waals surface area contributed by atoms with Crippen molar-refractivity contribution in [1.29, 1.82) is 0 Å². The van der Waals surface area contributed by atoms with Gasteiger partial charge in [-0.05, 0) is 57.2 Å². The van der Waals surface area contributed by atoms with Crippen molar-refractivity contribution in [3.05, 3.63) is 0 Å². The molecule has 15 heavy (non-hydrogen) atoms. The molecule has 1 rings (SSSR count). The Morgan fingerprint density at radius 2 is 1.80 bits per heavy atom. The molecule has 0 radical (unpaired) electrons. The first kappa shape index (κ1) is 13.5. The van der Waals surface area contributed by atoms with Gasteiger partial charge in [0.25, 0.3) is 0 Å². The van der Waals surface area contributed by atoms with E-state index in [1.54, 1.807) is 0 Å². The zero-order chi connectivity index (χ0) is 11.1. The molecule has 1 heterocycles. The Labute approximate surface area is 104 Å². The summed E-state index contributed by atoms with van der Waals surface area (Å²) in [5.41, 5.74) is 0. The monoisotopic (exact) mass is 275 g/mol. The Bertz CT molecular complexity index is 151. The molecule has 0 amide bonds. The predicted molar refractivity (Wildman–Crippen MR) is 71.6 cm³/mol. The first-order valence-corrected chi connectivity index (χ1v) is 7.64. The van der Waals surface area contributed by atoms with Crippen LogP contribution in [0.3, 0.4) is 0 Å². The summed E-state index contributed by atoms with van der Waals surface area (Å²) in [5.74, 6) is 1.88. The Kier molecular flexibility index (Phi) is 6.91. The van der Waals surface area contributed by atoms with Crippen molar-refractivity contribution < 1.29 is 0 Å². The van der Waals surface area contributed by atoms with Crippen LogP contribution in [0.2, 0.25) is 0 Å². The van der Waals surface area contributed by atoms with E-state index < -0.39 is 0 Å². The van der Waals surface area contributed by atoms with Gasteiger partial charge in [-0.3, -0.25) is 0 Å². The Balaban J connectivity index is 2.04. The van der Waals surface area contributed by atoms with E-state index in [9.17, 15) is 0 Å². The van der Waals surface area contributed by atoms with Crippen LogP contribution < -0.4 is 0 Å². The van der Waals surface area contributed by atoms with Crippen LogP contribution >= 0.6 is 15.9 Å². The summed E-state index contributed by atoms with van der Waals surface area (Å²) in [6, 6.07) is 0. The van der Waals surface area contributed by atoms with Crippen molar-refractivity contribution in [3.63, 3.8) is 0 Å². The van der Waals surface area contributed by atoms with E-state index in [1.165, 1.54) is 57.1 Å². The summed E-state index contributed by atoms with van der Waals surface area (Å²) in [7, 11) is 0. The van der Waals surface area contributed by atoms with E-state index in [0.29, 0.717) is 0 Å². The van der Waals surface area contributed by atoms with Crippen LogP contribution in [0.25, 0.3) is 0 Å². The van der Waals surface area contributed by atoms with E-state index in [1.807, 2.05) is 0 Å². The summed E-state index contributed by atoms with van der Waals surface area (Å²) in [6.45, 7) is 8.76. The molecule has 1 aliphatic heterocycles. The van der Waals surface area contributed by atoms with E-state index in [4.69, 9.17) is 0 Å². The minimum Gasteiger partial charge on any atom is -0.303 e. The molecule has 0 spiro atoms. The molecular weight excluding hydrogens is 250 g/mol. The van der Waals surface area contributed by atoms with Crippen molar-refractivity contribution in [1.82, 2.24) is 4.90 Å². The number of likely N-dealkylation sites (tertiary alicyclic amines) is 1. The molecule has 90 valence electrons. The largest absolute Gasteiger partial charge is 0.303 e. The molecule has 2 heteroatoms. The van der Waals surface area contributed by atoms with Crippen molar-refractivity contribution in [2.45, 2.75) is 46.0 Å². The third-order valence-corrected chi connectivity index (χ3v) is 4.24. The van der Waals surface area contributed by atoms with Crippen LogP contribution in [0.4, 0.5) is 0 Å². The SMILES string of the molecule is CC(C)C1CCN(CCCCCBr)CC1. The van der Waals surface area contributed by atoms with Crippen LogP contribution in [-0.4, -0.2) is 29.9 Å². The lowest BCUT2D eigenvalue weighted by Crippen LogP contribution is -2.35. The first-order valence-electron chi connectivity index (χ1n) is 6.52. The maximum atomic E-state index is 3.49. The van der Waals surface area contributed by atoms with Gasteiger partial charge < -0.3 is 4.90 Å². The highest BCUT2D eigenvalue weighted by molar-refractivity contribution is 9.09. The number of hydrogen-bond acceptors (Lipinski definition) is 1. The summed E-state index contributed by atoms with van der Waals surface area (Å²) >= 11 is 3.49. The second kappa shape index (κ2) is 7.67. The normalized spacial score (nSPS) is 20.0. The molecular formula is C13H26BrN. The van der Waals surface area contributed by atoms with Crippen molar-refractivity contribution in [2.75, 3.05) is 25.0 Å². The second-order valence-electron chi connectivity index (χ2n) is 5.17. The standard InChI is InChI=1S/C13H26BrN/c1-12(2)13-6-10-15(11-7-13)9-5-3-4-8-14/h12-13H,3-11H2,1-2H3. The lowest BCUT2D eigenvalue weighted by Gasteiger charge is -2.33. The first-order chi connectivity index (χ1) is 7.24. The maximum Gasteiger partial charge on any atom is 0.00313 e. The average Bonchev–Trinajstić information content (AvgIpc) is 2.25. The molecule has 0 atom stereocenters. The lowest BCUT2D eigenvalue weighted by atomic mass is 9.87. The summed E-state index contributed by atoms with van der Waals surface area (Å²) in [6.07, 6.45) is 6.96. The fraction of sp³-hybridized carbons (Fsp3) is 1.00. The molecule has 0 saturated carbocycles. The molecule has 0 aliphatic carbocycles. The van der Waals surface area contributed by atoms with Gasteiger partial charge in [-0.15, -0.1) is 0 Å². The van der Waals surface area contributed by atoms with E-state index >= 15 is 0 Å². The fourth-order valence-electron chi connectivity index (χ4n) is 2.45. The van der Waals surface area contributed by atoms with Crippen LogP contribution in [0.5, 0.6) is 0 Å². The average molecular weight is 276 g/mol. The van der Waals surface area contributed by atoms with E-state index in [0.717, 1.165) is 11.8 Å². The van der Waals surface area contributed by atoms with Gasteiger partial charge in [0.05, 0.1) is 0 Å². The van der Waals surface area contributed by atoms with Crippen molar-refractivity contribution in [3.8, 4) is 0 Å². The lowest BCUT2D eigenvalue weighted by molar-refractivity contribution is 0.156. The number of nitrogens with zero attached hydrogens (tertiary/aromatic N) is 1. The fourth-order valence-corrected chi connectivity index (χ4v) is 2.85. The molecule has 0 aromatic rings. The van der Waals surface area contributed by atoms with Crippen LogP contribution in [-0.2, 0) is 0 Å². The number of hydrogen-bond donors (Lipinski definition) is 0. The van der Waals surface area contributed by atoms with Gasteiger partial charge in [-0.1, -0.05) is 36.2 Å². The quantitative estimate of drug-likeness (QED) is 0.525.